The zero-order valence-corrected chi connectivity index (χ0v) is 14.7. The Morgan fingerprint density at radius 3 is 2.95 bits per heavy atom. The molecule has 0 aromatic heterocycles. The summed E-state index contributed by atoms with van der Waals surface area (Å²) < 4.78 is 12.0. The topological polar surface area (TPSA) is 21.7 Å². The van der Waals surface area contributed by atoms with Crippen molar-refractivity contribution >= 4 is 11.8 Å². The van der Waals surface area contributed by atoms with E-state index >= 15 is 0 Å². The molecular weight excluding hydrogens is 294 g/mol. The Hall–Kier alpha value is -0.710. The first-order valence-electron chi connectivity index (χ1n) is 8.30. The third-order valence-corrected chi connectivity index (χ3v) is 5.56. The van der Waals surface area contributed by atoms with E-state index in [1.54, 1.807) is 7.11 Å². The van der Waals surface area contributed by atoms with Gasteiger partial charge in [0.15, 0.2) is 0 Å². The number of methoxy groups -OCH3 is 1. The van der Waals surface area contributed by atoms with E-state index in [0.29, 0.717) is 18.2 Å². The molecule has 22 heavy (non-hydrogen) atoms. The van der Waals surface area contributed by atoms with Gasteiger partial charge >= 0.3 is 0 Å². The summed E-state index contributed by atoms with van der Waals surface area (Å²) in [7, 11) is 1.77. The Kier molecular flexibility index (Phi) is 5.32. The molecule has 0 bridgehead atoms. The maximum atomic E-state index is 6.45. The maximum absolute atomic E-state index is 6.45. The van der Waals surface area contributed by atoms with Crippen molar-refractivity contribution in [3.8, 4) is 5.75 Å². The smallest absolute Gasteiger partial charge is 0.122 e. The number of hydrogen-bond acceptors (Lipinski definition) is 4. The summed E-state index contributed by atoms with van der Waals surface area (Å²) in [6.45, 7) is 4.53. The Balaban J connectivity index is 1.85. The zero-order valence-electron chi connectivity index (χ0n) is 13.9. The van der Waals surface area contributed by atoms with Crippen molar-refractivity contribution in [2.75, 3.05) is 32.2 Å². The second kappa shape index (κ2) is 7.24. The van der Waals surface area contributed by atoms with Gasteiger partial charge in [-0.05, 0) is 42.8 Å². The van der Waals surface area contributed by atoms with Crippen molar-refractivity contribution in [2.45, 2.75) is 44.4 Å². The number of nitrogens with zero attached hydrogens (tertiary/aromatic N) is 1. The molecule has 1 aliphatic heterocycles. The molecule has 0 saturated carbocycles. The molecule has 0 amide bonds. The van der Waals surface area contributed by atoms with Gasteiger partial charge in [-0.25, -0.2) is 0 Å². The maximum Gasteiger partial charge on any atom is 0.122 e. The molecule has 2 aliphatic rings. The van der Waals surface area contributed by atoms with Crippen LogP contribution in [0.2, 0.25) is 0 Å². The Morgan fingerprint density at radius 2 is 2.23 bits per heavy atom. The van der Waals surface area contributed by atoms with Gasteiger partial charge in [0.1, 0.15) is 5.75 Å². The molecule has 3 rings (SSSR count). The highest BCUT2D eigenvalue weighted by molar-refractivity contribution is 7.98. The molecule has 1 aromatic carbocycles. The molecule has 4 heteroatoms. The monoisotopic (exact) mass is 321 g/mol. The van der Waals surface area contributed by atoms with Crippen LogP contribution in [0.25, 0.3) is 0 Å². The lowest BCUT2D eigenvalue weighted by atomic mass is 9.83. The van der Waals surface area contributed by atoms with Crippen LogP contribution in [-0.4, -0.2) is 55.4 Å². The predicted molar refractivity (Wildman–Crippen MR) is 93.1 cm³/mol. The highest BCUT2D eigenvalue weighted by atomic mass is 32.2. The van der Waals surface area contributed by atoms with Crippen molar-refractivity contribution in [3.05, 3.63) is 29.3 Å². The van der Waals surface area contributed by atoms with Gasteiger partial charge in [0.25, 0.3) is 0 Å². The van der Waals surface area contributed by atoms with Gasteiger partial charge < -0.3 is 9.47 Å². The third-order valence-electron chi connectivity index (χ3n) is 4.85. The normalized spacial score (nSPS) is 28.0. The molecule has 3 atom stereocenters. The largest absolute Gasteiger partial charge is 0.496 e. The molecule has 1 aromatic rings. The number of hydrogen-bond donors (Lipinski definition) is 0. The van der Waals surface area contributed by atoms with Crippen molar-refractivity contribution < 1.29 is 9.47 Å². The summed E-state index contributed by atoms with van der Waals surface area (Å²) in [5.74, 6) is 2.11. The summed E-state index contributed by atoms with van der Waals surface area (Å²) in [6.07, 6.45) is 6.11. The summed E-state index contributed by atoms with van der Waals surface area (Å²) in [5, 5.41) is 0. The Labute approximate surface area is 138 Å². The number of rotatable bonds is 5. The van der Waals surface area contributed by atoms with Crippen LogP contribution in [0.4, 0.5) is 0 Å². The first-order chi connectivity index (χ1) is 10.8. The molecule has 0 unspecified atom stereocenters. The first-order valence-corrected chi connectivity index (χ1v) is 9.69. The molecule has 1 aliphatic carbocycles. The van der Waals surface area contributed by atoms with Gasteiger partial charge in [-0.3, -0.25) is 4.90 Å². The second-order valence-corrected chi connectivity index (χ2v) is 7.23. The number of benzene rings is 1. The molecule has 0 spiro atoms. The van der Waals surface area contributed by atoms with Gasteiger partial charge in [-0.15, -0.1) is 0 Å². The molecule has 1 heterocycles. The fourth-order valence-electron chi connectivity index (χ4n) is 3.93. The van der Waals surface area contributed by atoms with Gasteiger partial charge in [0, 0.05) is 24.8 Å². The summed E-state index contributed by atoms with van der Waals surface area (Å²) in [5.41, 5.74) is 2.79. The van der Waals surface area contributed by atoms with E-state index in [-0.39, 0.29) is 0 Å². The summed E-state index contributed by atoms with van der Waals surface area (Å²) in [6, 6.07) is 6.97. The summed E-state index contributed by atoms with van der Waals surface area (Å²) >= 11 is 1.88. The standard InChI is InChI=1S/C18H27NO2S/c1-4-8-19-11-14(12-22-3)21-18-10-15-13(9-16(18)19)6-5-7-17(15)20-2/h5-7,14,16,18H,4,8-12H2,1-3H3/t14-,16+,18+/m0/s1. The molecule has 3 nitrogen and oxygen atoms in total. The minimum Gasteiger partial charge on any atom is -0.496 e. The SMILES string of the molecule is CCCN1C[C@@H](CSC)O[C@@H]2Cc3c(cccc3OC)C[C@H]21. The van der Waals surface area contributed by atoms with Crippen molar-refractivity contribution in [2.24, 2.45) is 0 Å². The van der Waals surface area contributed by atoms with E-state index < -0.39 is 0 Å². The molecular formula is C18H27NO2S. The minimum absolute atomic E-state index is 0.307. The van der Waals surface area contributed by atoms with Gasteiger partial charge in [0.2, 0.25) is 0 Å². The lowest BCUT2D eigenvalue weighted by Crippen LogP contribution is -2.58. The molecule has 122 valence electrons. The van der Waals surface area contributed by atoms with Crippen LogP contribution in [0, 0.1) is 0 Å². The Morgan fingerprint density at radius 1 is 1.36 bits per heavy atom. The van der Waals surface area contributed by atoms with E-state index in [1.807, 2.05) is 11.8 Å². The average Bonchev–Trinajstić information content (AvgIpc) is 2.53. The van der Waals surface area contributed by atoms with Crippen molar-refractivity contribution in [1.29, 1.82) is 0 Å². The molecule has 0 N–H and O–H groups in total. The fourth-order valence-corrected chi connectivity index (χ4v) is 4.49. The molecule has 1 saturated heterocycles. The van der Waals surface area contributed by atoms with Crippen molar-refractivity contribution in [1.82, 2.24) is 4.90 Å². The van der Waals surface area contributed by atoms with Crippen LogP contribution < -0.4 is 4.74 Å². The number of ether oxygens (including phenoxy) is 2. The lowest BCUT2D eigenvalue weighted by Gasteiger charge is -2.47. The second-order valence-electron chi connectivity index (χ2n) is 6.32. The van der Waals surface area contributed by atoms with E-state index in [9.17, 15) is 0 Å². The molecule has 1 fully saturated rings. The Bertz CT molecular complexity index is 508. The first kappa shape index (κ1) is 16.2. The quantitative estimate of drug-likeness (QED) is 0.831. The van der Waals surface area contributed by atoms with Crippen LogP contribution in [0.15, 0.2) is 18.2 Å². The van der Waals surface area contributed by atoms with E-state index in [1.165, 1.54) is 24.1 Å². The van der Waals surface area contributed by atoms with Crippen LogP contribution in [0.5, 0.6) is 5.75 Å². The predicted octanol–water partition coefficient (Wildman–Crippen LogP) is 3.00. The fraction of sp³-hybridized carbons (Fsp3) is 0.667. The molecule has 0 radical (unpaired) electrons. The van der Waals surface area contributed by atoms with Crippen LogP contribution in [-0.2, 0) is 17.6 Å². The van der Waals surface area contributed by atoms with Crippen molar-refractivity contribution in [3.63, 3.8) is 0 Å². The van der Waals surface area contributed by atoms with E-state index in [4.69, 9.17) is 9.47 Å². The van der Waals surface area contributed by atoms with Gasteiger partial charge in [0.05, 0.1) is 19.3 Å². The lowest BCUT2D eigenvalue weighted by molar-refractivity contribution is -0.113. The number of fused-ring (bicyclic) bond motifs is 2. The highest BCUT2D eigenvalue weighted by Crippen LogP contribution is 2.35. The van der Waals surface area contributed by atoms with E-state index in [2.05, 4.69) is 36.3 Å². The van der Waals surface area contributed by atoms with Crippen LogP contribution >= 0.6 is 11.8 Å². The third kappa shape index (κ3) is 3.15. The van der Waals surface area contributed by atoms with Crippen LogP contribution in [0.3, 0.4) is 0 Å². The zero-order chi connectivity index (χ0) is 15.5. The highest BCUT2D eigenvalue weighted by Gasteiger charge is 2.40. The van der Waals surface area contributed by atoms with Crippen LogP contribution in [0.1, 0.15) is 24.5 Å². The number of thioether (sulfide) groups is 1. The minimum atomic E-state index is 0.307. The number of morpholine rings is 1. The van der Waals surface area contributed by atoms with Gasteiger partial charge in [-0.1, -0.05) is 19.1 Å². The van der Waals surface area contributed by atoms with E-state index in [0.717, 1.165) is 30.9 Å². The average molecular weight is 321 g/mol. The van der Waals surface area contributed by atoms with Gasteiger partial charge in [-0.2, -0.15) is 11.8 Å². The summed E-state index contributed by atoms with van der Waals surface area (Å²) in [4.78, 5) is 2.66.